The number of likely N-dealkylation sites (tertiary alicyclic amines) is 1. The molecule has 1 aromatic carbocycles. The van der Waals surface area contributed by atoms with Crippen LogP contribution in [-0.2, 0) is 4.79 Å². The normalized spacial score (nSPS) is 19.1. The number of hydrogen-bond acceptors (Lipinski definition) is 3. The first-order chi connectivity index (χ1) is 11.0. The van der Waals surface area contributed by atoms with Gasteiger partial charge >= 0.3 is 0 Å². The molecule has 1 saturated heterocycles. The van der Waals surface area contributed by atoms with E-state index in [0.717, 1.165) is 19.0 Å². The number of carbonyl (C=O) groups excluding carboxylic acids is 1. The lowest BCUT2D eigenvalue weighted by Gasteiger charge is -2.35. The monoisotopic (exact) mass is 338 g/mol. The summed E-state index contributed by atoms with van der Waals surface area (Å²) in [7, 11) is 0. The van der Waals surface area contributed by atoms with Gasteiger partial charge in [-0.05, 0) is 63.9 Å². The third kappa shape index (κ3) is 5.70. The molecule has 2 rings (SSSR count). The number of nitrogens with one attached hydrogen (secondary N) is 1. The summed E-state index contributed by atoms with van der Waals surface area (Å²) < 4.78 is 5.64. The summed E-state index contributed by atoms with van der Waals surface area (Å²) in [4.78, 5) is 14.6. The van der Waals surface area contributed by atoms with E-state index in [-0.39, 0.29) is 5.91 Å². The van der Waals surface area contributed by atoms with Gasteiger partial charge in [0, 0.05) is 17.6 Å². The van der Waals surface area contributed by atoms with E-state index in [9.17, 15) is 4.79 Å². The second kappa shape index (κ2) is 8.55. The van der Waals surface area contributed by atoms with Crippen LogP contribution in [0.4, 0.5) is 0 Å². The molecule has 0 radical (unpaired) electrons. The maximum atomic E-state index is 12.2. The Morgan fingerprint density at radius 1 is 1.39 bits per heavy atom. The van der Waals surface area contributed by atoms with Crippen LogP contribution < -0.4 is 10.1 Å². The van der Waals surface area contributed by atoms with Crippen LogP contribution in [0.2, 0.25) is 5.02 Å². The van der Waals surface area contributed by atoms with E-state index in [0.29, 0.717) is 23.4 Å². The van der Waals surface area contributed by atoms with Gasteiger partial charge in [0.2, 0.25) is 0 Å². The van der Waals surface area contributed by atoms with Crippen molar-refractivity contribution in [2.75, 3.05) is 19.6 Å². The van der Waals surface area contributed by atoms with E-state index in [1.807, 2.05) is 6.07 Å². The summed E-state index contributed by atoms with van der Waals surface area (Å²) in [6.07, 6.45) is 1.95. The first kappa shape index (κ1) is 18.1. The lowest BCUT2D eigenvalue weighted by Crippen LogP contribution is -2.47. The lowest BCUT2D eigenvalue weighted by atomic mass is 9.98. The number of ether oxygens (including phenoxy) is 1. The molecule has 0 saturated carbocycles. The van der Waals surface area contributed by atoms with Crippen molar-refractivity contribution < 1.29 is 9.53 Å². The first-order valence-electron chi connectivity index (χ1n) is 8.39. The molecule has 4 nitrogen and oxygen atoms in total. The average molecular weight is 339 g/mol. The van der Waals surface area contributed by atoms with Crippen LogP contribution in [0.25, 0.3) is 0 Å². The second-order valence-corrected chi connectivity index (χ2v) is 6.97. The Morgan fingerprint density at radius 3 is 2.74 bits per heavy atom. The Morgan fingerprint density at radius 2 is 2.09 bits per heavy atom. The highest BCUT2D eigenvalue weighted by molar-refractivity contribution is 6.30. The highest BCUT2D eigenvalue weighted by atomic mass is 35.5. The highest BCUT2D eigenvalue weighted by Crippen LogP contribution is 2.19. The molecule has 0 spiro atoms. The van der Waals surface area contributed by atoms with Gasteiger partial charge in [-0.3, -0.25) is 9.69 Å². The number of carbonyl (C=O) groups is 1. The van der Waals surface area contributed by atoms with E-state index in [4.69, 9.17) is 16.3 Å². The van der Waals surface area contributed by atoms with Crippen LogP contribution in [0, 0.1) is 5.92 Å². The Balaban J connectivity index is 1.75. The zero-order valence-electron chi connectivity index (χ0n) is 14.2. The fourth-order valence-electron chi connectivity index (χ4n) is 2.79. The maximum absolute atomic E-state index is 12.2. The van der Waals surface area contributed by atoms with Crippen molar-refractivity contribution in [3.05, 3.63) is 29.3 Å². The molecule has 1 heterocycles. The molecule has 1 N–H and O–H groups in total. The third-order valence-corrected chi connectivity index (χ3v) is 4.73. The van der Waals surface area contributed by atoms with Crippen LogP contribution in [0.15, 0.2) is 24.3 Å². The van der Waals surface area contributed by atoms with Crippen molar-refractivity contribution in [2.24, 2.45) is 5.92 Å². The molecule has 1 aliphatic rings. The van der Waals surface area contributed by atoms with Crippen LogP contribution in [-0.4, -0.2) is 42.6 Å². The largest absolute Gasteiger partial charge is 0.481 e. The van der Waals surface area contributed by atoms with Crippen molar-refractivity contribution >= 4 is 17.5 Å². The lowest BCUT2D eigenvalue weighted by molar-refractivity contribution is -0.127. The van der Waals surface area contributed by atoms with E-state index >= 15 is 0 Å². The molecule has 0 unspecified atom stereocenters. The van der Waals surface area contributed by atoms with E-state index in [1.165, 1.54) is 12.8 Å². The number of piperidine rings is 1. The molecule has 0 aliphatic carbocycles. The smallest absolute Gasteiger partial charge is 0.260 e. The van der Waals surface area contributed by atoms with Crippen molar-refractivity contribution in [3.63, 3.8) is 0 Å². The van der Waals surface area contributed by atoms with E-state index < -0.39 is 6.10 Å². The topological polar surface area (TPSA) is 41.6 Å². The molecule has 1 amide bonds. The van der Waals surface area contributed by atoms with Gasteiger partial charge in [-0.1, -0.05) is 24.6 Å². The molecule has 1 aliphatic heterocycles. The van der Waals surface area contributed by atoms with Crippen LogP contribution in [0.1, 0.15) is 33.6 Å². The van der Waals surface area contributed by atoms with Gasteiger partial charge in [0.25, 0.3) is 5.91 Å². The molecule has 1 aromatic rings. The van der Waals surface area contributed by atoms with Gasteiger partial charge in [-0.15, -0.1) is 0 Å². The quantitative estimate of drug-likeness (QED) is 0.865. The van der Waals surface area contributed by atoms with Gasteiger partial charge in [0.05, 0.1) is 0 Å². The molecule has 5 heteroatoms. The molecule has 1 fully saturated rings. The fourth-order valence-corrected chi connectivity index (χ4v) is 2.97. The maximum Gasteiger partial charge on any atom is 0.260 e. The van der Waals surface area contributed by atoms with Crippen LogP contribution in [0.3, 0.4) is 0 Å². The number of hydrogen-bond donors (Lipinski definition) is 1. The van der Waals surface area contributed by atoms with Crippen LogP contribution >= 0.6 is 11.6 Å². The SMILES string of the molecule is CC1CCN([C@@H](C)CNC(=O)[C@@H](C)Oc2cccc(Cl)c2)CC1. The summed E-state index contributed by atoms with van der Waals surface area (Å²) in [6.45, 7) is 9.11. The number of benzene rings is 1. The molecule has 23 heavy (non-hydrogen) atoms. The summed E-state index contributed by atoms with van der Waals surface area (Å²) in [5.74, 6) is 1.33. The van der Waals surface area contributed by atoms with Gasteiger partial charge in [0.1, 0.15) is 5.75 Å². The van der Waals surface area contributed by atoms with Crippen molar-refractivity contribution in [1.29, 1.82) is 0 Å². The summed E-state index contributed by atoms with van der Waals surface area (Å²) in [5.41, 5.74) is 0. The fraction of sp³-hybridized carbons (Fsp3) is 0.611. The molecular weight excluding hydrogens is 312 g/mol. The number of rotatable bonds is 6. The molecule has 0 aromatic heterocycles. The van der Waals surface area contributed by atoms with Crippen LogP contribution in [0.5, 0.6) is 5.75 Å². The average Bonchev–Trinajstić information content (AvgIpc) is 2.53. The third-order valence-electron chi connectivity index (χ3n) is 4.49. The summed E-state index contributed by atoms with van der Waals surface area (Å²) >= 11 is 5.92. The summed E-state index contributed by atoms with van der Waals surface area (Å²) in [6, 6.07) is 7.45. The highest BCUT2D eigenvalue weighted by Gasteiger charge is 2.22. The number of amides is 1. The minimum absolute atomic E-state index is 0.0952. The Hall–Kier alpha value is -1.26. The predicted octanol–water partition coefficient (Wildman–Crippen LogP) is 3.34. The van der Waals surface area contributed by atoms with E-state index in [2.05, 4.69) is 24.1 Å². The van der Waals surface area contributed by atoms with Gasteiger partial charge < -0.3 is 10.1 Å². The molecule has 0 bridgehead atoms. The molecular formula is C18H27ClN2O2. The van der Waals surface area contributed by atoms with E-state index in [1.54, 1.807) is 25.1 Å². The zero-order valence-corrected chi connectivity index (χ0v) is 15.0. The predicted molar refractivity (Wildman–Crippen MR) is 94.0 cm³/mol. The second-order valence-electron chi connectivity index (χ2n) is 6.53. The zero-order chi connectivity index (χ0) is 16.8. The number of halogens is 1. The van der Waals surface area contributed by atoms with Gasteiger partial charge in [-0.25, -0.2) is 0 Å². The van der Waals surface area contributed by atoms with Crippen molar-refractivity contribution in [1.82, 2.24) is 10.2 Å². The van der Waals surface area contributed by atoms with Gasteiger partial charge in [0.15, 0.2) is 6.10 Å². The number of nitrogens with zero attached hydrogens (tertiary/aromatic N) is 1. The Kier molecular flexibility index (Phi) is 6.72. The first-order valence-corrected chi connectivity index (χ1v) is 8.77. The molecule has 128 valence electrons. The van der Waals surface area contributed by atoms with Crippen molar-refractivity contribution in [3.8, 4) is 5.75 Å². The Bertz CT molecular complexity index is 515. The summed E-state index contributed by atoms with van der Waals surface area (Å²) in [5, 5.41) is 3.59. The van der Waals surface area contributed by atoms with Crippen molar-refractivity contribution in [2.45, 2.75) is 45.8 Å². The minimum Gasteiger partial charge on any atom is -0.481 e. The standard InChI is InChI=1S/C18H27ClN2O2/c1-13-7-9-21(10-8-13)14(2)12-20-18(22)15(3)23-17-6-4-5-16(19)11-17/h4-6,11,13-15H,7-10,12H2,1-3H3,(H,20,22)/t14-,15+/m0/s1. The molecule has 2 atom stereocenters. The minimum atomic E-state index is -0.540. The Labute approximate surface area is 144 Å². The van der Waals surface area contributed by atoms with Gasteiger partial charge in [-0.2, -0.15) is 0 Å².